The molecule has 0 unspecified atom stereocenters. The Morgan fingerprint density at radius 1 is 0.344 bits per heavy atom. The Bertz CT molecular complexity index is 3630. The molecule has 284 valence electrons. The highest BCUT2D eigenvalue weighted by molar-refractivity contribution is 6.18. The molecule has 0 aliphatic heterocycles. The quantitative estimate of drug-likeness (QED) is 0.163. The van der Waals surface area contributed by atoms with Crippen LogP contribution in [0.15, 0.2) is 213 Å². The number of pyridine rings is 2. The van der Waals surface area contributed by atoms with Crippen molar-refractivity contribution in [1.82, 2.24) is 23.5 Å². The molecular formula is C56H35N5. The van der Waals surface area contributed by atoms with Crippen LogP contribution in [0.3, 0.4) is 0 Å². The number of hydrogen-bond donors (Lipinski definition) is 0. The molecule has 0 aliphatic rings. The lowest BCUT2D eigenvalue weighted by molar-refractivity contribution is 1.13. The van der Waals surface area contributed by atoms with E-state index in [0.717, 1.165) is 72.3 Å². The number of imidazole rings is 1. The second-order valence-corrected chi connectivity index (χ2v) is 15.9. The number of fused-ring (bicyclic) bond motifs is 11. The van der Waals surface area contributed by atoms with Gasteiger partial charge in [0.25, 0.3) is 0 Å². The van der Waals surface area contributed by atoms with Crippen molar-refractivity contribution in [3.8, 4) is 45.0 Å². The van der Waals surface area contributed by atoms with Gasteiger partial charge in [-0.3, -0.25) is 0 Å². The zero-order valence-corrected chi connectivity index (χ0v) is 32.9. The topological polar surface area (TPSA) is 40.0 Å². The second kappa shape index (κ2) is 13.1. The van der Waals surface area contributed by atoms with Crippen molar-refractivity contribution in [2.24, 2.45) is 0 Å². The van der Waals surface area contributed by atoms with Gasteiger partial charge < -0.3 is 13.5 Å². The molecule has 13 aromatic rings. The third-order valence-corrected chi connectivity index (χ3v) is 12.4. The molecule has 5 heteroatoms. The van der Waals surface area contributed by atoms with Crippen LogP contribution in [-0.4, -0.2) is 23.5 Å². The minimum atomic E-state index is 0.906. The van der Waals surface area contributed by atoms with Crippen LogP contribution in [0.4, 0.5) is 0 Å². The monoisotopic (exact) mass is 777 g/mol. The highest BCUT2D eigenvalue weighted by atomic mass is 15.0. The molecule has 61 heavy (non-hydrogen) atoms. The lowest BCUT2D eigenvalue weighted by atomic mass is 9.97. The summed E-state index contributed by atoms with van der Waals surface area (Å²) in [5, 5.41) is 8.14. The van der Waals surface area contributed by atoms with Crippen LogP contribution >= 0.6 is 0 Å². The third kappa shape index (κ3) is 5.14. The van der Waals surface area contributed by atoms with Gasteiger partial charge in [-0.05, 0) is 71.8 Å². The molecule has 0 radical (unpaired) electrons. The molecule has 0 atom stereocenters. The molecule has 0 bridgehead atoms. The molecule has 0 saturated carbocycles. The summed E-state index contributed by atoms with van der Waals surface area (Å²) in [4.78, 5) is 10.7. The molecule has 0 spiro atoms. The van der Waals surface area contributed by atoms with Gasteiger partial charge >= 0.3 is 0 Å². The van der Waals surface area contributed by atoms with Gasteiger partial charge in [0.1, 0.15) is 5.65 Å². The largest absolute Gasteiger partial charge is 0.309 e. The van der Waals surface area contributed by atoms with Gasteiger partial charge in [-0.25, -0.2) is 9.97 Å². The van der Waals surface area contributed by atoms with E-state index in [1.807, 2.05) is 6.07 Å². The minimum absolute atomic E-state index is 0.906. The summed E-state index contributed by atoms with van der Waals surface area (Å²) in [6, 6.07) is 71.9. The maximum absolute atomic E-state index is 5.39. The van der Waals surface area contributed by atoms with E-state index in [-0.39, 0.29) is 0 Å². The van der Waals surface area contributed by atoms with Crippen molar-refractivity contribution in [3.63, 3.8) is 0 Å². The minimum Gasteiger partial charge on any atom is -0.309 e. The van der Waals surface area contributed by atoms with Crippen LogP contribution in [0.25, 0.3) is 116 Å². The highest BCUT2D eigenvalue weighted by Crippen LogP contribution is 2.41. The van der Waals surface area contributed by atoms with E-state index in [4.69, 9.17) is 9.97 Å². The standard InChI is InChI=1S/C56H35N5/c1-3-15-36(16-4-1)49-35-59-30-29-46-54(56(59)58-49)47-33-38(27-28-48(47)57-55(46)37-17-5-2-6-18-37)39-31-40(60-50-23-11-7-19-42(50)43-20-8-12-24-51(43)60)34-41(32-39)61-52-25-13-9-21-44(52)45-22-10-14-26-53(45)61/h1-35H. The van der Waals surface area contributed by atoms with Gasteiger partial charge in [-0.1, -0.05) is 140 Å². The summed E-state index contributed by atoms with van der Waals surface area (Å²) in [7, 11) is 0. The van der Waals surface area contributed by atoms with Gasteiger partial charge in [0.15, 0.2) is 0 Å². The second-order valence-electron chi connectivity index (χ2n) is 15.9. The fourth-order valence-corrected chi connectivity index (χ4v) is 9.69. The summed E-state index contributed by atoms with van der Waals surface area (Å²) in [5.41, 5.74) is 15.0. The zero-order chi connectivity index (χ0) is 40.0. The fourth-order valence-electron chi connectivity index (χ4n) is 9.69. The van der Waals surface area contributed by atoms with Crippen molar-refractivity contribution in [2.45, 2.75) is 0 Å². The fraction of sp³-hybridized carbons (Fsp3) is 0. The maximum Gasteiger partial charge on any atom is 0.146 e. The molecule has 0 fully saturated rings. The van der Waals surface area contributed by atoms with Crippen LogP contribution in [-0.2, 0) is 0 Å². The Balaban J connectivity index is 1.12. The van der Waals surface area contributed by atoms with Crippen LogP contribution in [0.5, 0.6) is 0 Å². The first-order valence-electron chi connectivity index (χ1n) is 20.7. The molecule has 5 aromatic heterocycles. The van der Waals surface area contributed by atoms with E-state index >= 15 is 0 Å². The average molecular weight is 778 g/mol. The number of hydrogen-bond acceptors (Lipinski definition) is 2. The Morgan fingerprint density at radius 2 is 0.852 bits per heavy atom. The van der Waals surface area contributed by atoms with Crippen LogP contribution in [0, 0.1) is 0 Å². The van der Waals surface area contributed by atoms with Crippen LogP contribution in [0.2, 0.25) is 0 Å². The predicted octanol–water partition coefficient (Wildman–Crippen LogP) is 14.2. The Labute approximate surface area is 350 Å². The molecule has 5 heterocycles. The first-order valence-corrected chi connectivity index (χ1v) is 20.7. The van der Waals surface area contributed by atoms with E-state index in [9.17, 15) is 0 Å². The molecule has 0 amide bonds. The van der Waals surface area contributed by atoms with E-state index in [0.29, 0.717) is 0 Å². The lowest BCUT2D eigenvalue weighted by Gasteiger charge is -2.17. The van der Waals surface area contributed by atoms with E-state index in [2.05, 4.69) is 220 Å². The maximum atomic E-state index is 5.39. The average Bonchev–Trinajstić information content (AvgIpc) is 4.02. The first-order chi connectivity index (χ1) is 30.2. The molecule has 0 N–H and O–H groups in total. The van der Waals surface area contributed by atoms with Gasteiger partial charge in [-0.15, -0.1) is 0 Å². The molecule has 13 rings (SSSR count). The highest BCUT2D eigenvalue weighted by Gasteiger charge is 2.20. The van der Waals surface area contributed by atoms with Crippen molar-refractivity contribution in [2.75, 3.05) is 0 Å². The van der Waals surface area contributed by atoms with Gasteiger partial charge in [-0.2, -0.15) is 0 Å². The Kier molecular flexibility index (Phi) is 7.24. The molecular weight excluding hydrogens is 743 g/mol. The normalized spacial score (nSPS) is 11.9. The van der Waals surface area contributed by atoms with Crippen molar-refractivity contribution >= 4 is 70.9 Å². The SMILES string of the molecule is c1ccc(-c2cn3ccc4c(-c5ccccc5)nc5ccc(-c6cc(-n7c8ccccc8c8ccccc87)cc(-n7c8ccccc8c8ccccc87)c6)cc5c4c3n2)cc1. The number of rotatable bonds is 5. The summed E-state index contributed by atoms with van der Waals surface area (Å²) >= 11 is 0. The zero-order valence-electron chi connectivity index (χ0n) is 32.9. The molecule has 0 saturated heterocycles. The Hall–Kier alpha value is -8.28. The first kappa shape index (κ1) is 33.7. The van der Waals surface area contributed by atoms with Gasteiger partial charge in [0.05, 0.1) is 39.0 Å². The van der Waals surface area contributed by atoms with E-state index in [1.54, 1.807) is 0 Å². The summed E-state index contributed by atoms with van der Waals surface area (Å²) in [5.74, 6) is 0. The van der Waals surface area contributed by atoms with Crippen molar-refractivity contribution in [3.05, 3.63) is 213 Å². The lowest BCUT2D eigenvalue weighted by Crippen LogP contribution is -2.00. The Morgan fingerprint density at radius 3 is 1.41 bits per heavy atom. The molecule has 5 nitrogen and oxygen atoms in total. The summed E-state index contributed by atoms with van der Waals surface area (Å²) in [6.07, 6.45) is 4.25. The molecule has 0 aliphatic carbocycles. The summed E-state index contributed by atoms with van der Waals surface area (Å²) < 4.78 is 7.01. The smallest absolute Gasteiger partial charge is 0.146 e. The van der Waals surface area contributed by atoms with Gasteiger partial charge in [0.2, 0.25) is 0 Å². The number of para-hydroxylation sites is 4. The predicted molar refractivity (Wildman–Crippen MR) is 253 cm³/mol. The number of nitrogens with zero attached hydrogens (tertiary/aromatic N) is 5. The third-order valence-electron chi connectivity index (χ3n) is 12.4. The van der Waals surface area contributed by atoms with Crippen molar-refractivity contribution in [1.29, 1.82) is 0 Å². The van der Waals surface area contributed by atoms with Gasteiger partial charge in [0, 0.05) is 72.6 Å². The molecule has 8 aromatic carbocycles. The number of aromatic nitrogens is 5. The number of benzene rings is 8. The van der Waals surface area contributed by atoms with E-state index in [1.165, 1.54) is 43.6 Å². The van der Waals surface area contributed by atoms with E-state index < -0.39 is 0 Å². The van der Waals surface area contributed by atoms with Crippen LogP contribution in [0.1, 0.15) is 0 Å². The van der Waals surface area contributed by atoms with Crippen LogP contribution < -0.4 is 0 Å². The van der Waals surface area contributed by atoms with Crippen molar-refractivity contribution < 1.29 is 0 Å². The summed E-state index contributed by atoms with van der Waals surface area (Å²) in [6.45, 7) is 0.